The molecule has 0 saturated heterocycles. The maximum Gasteiger partial charge on any atom is 0.140 e. The molecule has 0 aliphatic rings. The SMILES string of the molecule is C[N+](C)(C)c1cccc2cc3cc4cc5cc6ccccc6cc5cc4cc3cc12. The van der Waals surface area contributed by atoms with Crippen LogP contribution in [0.4, 0.5) is 5.69 Å². The highest BCUT2D eigenvalue weighted by atomic mass is 15.3. The maximum atomic E-state index is 2.37. The zero-order chi connectivity index (χ0) is 20.5. The van der Waals surface area contributed by atoms with Crippen molar-refractivity contribution in [3.8, 4) is 0 Å². The van der Waals surface area contributed by atoms with Crippen molar-refractivity contribution in [2.45, 2.75) is 0 Å². The van der Waals surface area contributed by atoms with E-state index in [2.05, 4.69) is 112 Å². The van der Waals surface area contributed by atoms with E-state index < -0.39 is 0 Å². The van der Waals surface area contributed by atoms with Crippen molar-refractivity contribution >= 4 is 59.5 Å². The van der Waals surface area contributed by atoms with E-state index in [-0.39, 0.29) is 0 Å². The number of benzene rings is 6. The Labute approximate surface area is 176 Å². The Balaban J connectivity index is 1.67. The Morgan fingerprint density at radius 3 is 1.30 bits per heavy atom. The van der Waals surface area contributed by atoms with Gasteiger partial charge < -0.3 is 0 Å². The molecule has 0 aliphatic carbocycles. The zero-order valence-corrected chi connectivity index (χ0v) is 17.6. The van der Waals surface area contributed by atoms with Crippen molar-refractivity contribution < 1.29 is 0 Å². The highest BCUT2D eigenvalue weighted by Crippen LogP contribution is 2.35. The molecule has 0 N–H and O–H groups in total. The number of rotatable bonds is 1. The lowest BCUT2D eigenvalue weighted by atomic mass is 9.95. The fraction of sp³-hybridized carbons (Fsp3) is 0.103. The van der Waals surface area contributed by atoms with Gasteiger partial charge in [-0.05, 0) is 103 Å². The Morgan fingerprint density at radius 2 is 0.800 bits per heavy atom. The molecular weight excluding hydrogens is 362 g/mol. The molecule has 0 spiro atoms. The molecule has 0 radical (unpaired) electrons. The number of quaternary nitrogens is 1. The van der Waals surface area contributed by atoms with E-state index in [1.807, 2.05) is 0 Å². The van der Waals surface area contributed by atoms with Gasteiger partial charge in [-0.2, -0.15) is 0 Å². The lowest BCUT2D eigenvalue weighted by Gasteiger charge is -2.25. The van der Waals surface area contributed by atoms with E-state index in [0.29, 0.717) is 0 Å². The summed E-state index contributed by atoms with van der Waals surface area (Å²) in [7, 11) is 6.70. The first-order chi connectivity index (χ1) is 14.5. The van der Waals surface area contributed by atoms with E-state index >= 15 is 0 Å². The monoisotopic (exact) mass is 386 g/mol. The summed E-state index contributed by atoms with van der Waals surface area (Å²) in [6.45, 7) is 0. The van der Waals surface area contributed by atoms with Crippen LogP contribution in [0.3, 0.4) is 0 Å². The van der Waals surface area contributed by atoms with Crippen LogP contribution in [-0.4, -0.2) is 21.1 Å². The molecule has 0 aromatic heterocycles. The summed E-state index contributed by atoms with van der Waals surface area (Å²) in [5.74, 6) is 0. The summed E-state index contributed by atoms with van der Waals surface area (Å²) in [6, 6.07) is 33.9. The molecule has 0 saturated carbocycles. The largest absolute Gasteiger partial charge is 0.298 e. The minimum absolute atomic E-state index is 0.814. The molecule has 0 aliphatic heterocycles. The quantitative estimate of drug-likeness (QED) is 0.201. The van der Waals surface area contributed by atoms with Crippen LogP contribution in [0.2, 0.25) is 0 Å². The molecule has 6 rings (SSSR count). The van der Waals surface area contributed by atoms with E-state index in [1.54, 1.807) is 0 Å². The minimum atomic E-state index is 0.814. The standard InChI is InChI=1S/C29H24N/c1-30(2,3)29-10-6-9-21-13-24-16-25-14-22-11-19-7-4-5-8-20(19)12-23(22)15-26(25)17-27(24)18-28(21)29/h4-18H,1-3H3/q+1. The molecule has 0 heterocycles. The van der Waals surface area contributed by atoms with Gasteiger partial charge in [0.25, 0.3) is 0 Å². The van der Waals surface area contributed by atoms with Gasteiger partial charge in [0.15, 0.2) is 0 Å². The average Bonchev–Trinajstić information content (AvgIpc) is 2.72. The molecule has 1 heteroatoms. The maximum absolute atomic E-state index is 2.37. The van der Waals surface area contributed by atoms with Crippen LogP contribution in [0, 0.1) is 0 Å². The third kappa shape index (κ3) is 2.67. The van der Waals surface area contributed by atoms with E-state index in [9.17, 15) is 0 Å². The highest BCUT2D eigenvalue weighted by molar-refractivity contribution is 6.11. The predicted octanol–water partition coefficient (Wildman–Crippen LogP) is 7.65. The van der Waals surface area contributed by atoms with Crippen molar-refractivity contribution in [1.29, 1.82) is 0 Å². The molecule has 0 amide bonds. The zero-order valence-electron chi connectivity index (χ0n) is 17.6. The molecule has 6 aromatic rings. The Morgan fingerprint density at radius 1 is 0.400 bits per heavy atom. The summed E-state index contributed by atoms with van der Waals surface area (Å²) < 4.78 is 0.814. The lowest BCUT2D eigenvalue weighted by molar-refractivity contribution is 0.490. The van der Waals surface area contributed by atoms with Crippen LogP contribution in [0.15, 0.2) is 91.0 Å². The second-order valence-corrected chi connectivity index (χ2v) is 9.31. The summed E-state index contributed by atoms with van der Waals surface area (Å²) in [5, 5.41) is 13.0. The Kier molecular flexibility index (Phi) is 3.51. The third-order valence-electron chi connectivity index (χ3n) is 6.31. The van der Waals surface area contributed by atoms with Crippen LogP contribution in [0.1, 0.15) is 0 Å². The first-order valence-corrected chi connectivity index (χ1v) is 10.5. The predicted molar refractivity (Wildman–Crippen MR) is 134 cm³/mol. The van der Waals surface area contributed by atoms with Gasteiger partial charge in [-0.3, -0.25) is 4.48 Å². The second-order valence-electron chi connectivity index (χ2n) is 9.31. The lowest BCUT2D eigenvalue weighted by Crippen LogP contribution is -2.34. The van der Waals surface area contributed by atoms with Crippen molar-refractivity contribution in [2.75, 3.05) is 21.1 Å². The smallest absolute Gasteiger partial charge is 0.140 e. The van der Waals surface area contributed by atoms with Crippen LogP contribution in [-0.2, 0) is 0 Å². The van der Waals surface area contributed by atoms with Crippen molar-refractivity contribution in [3.63, 3.8) is 0 Å². The average molecular weight is 387 g/mol. The summed E-state index contributed by atoms with van der Waals surface area (Å²) in [5.41, 5.74) is 1.35. The fourth-order valence-electron chi connectivity index (χ4n) is 4.79. The molecule has 0 unspecified atom stereocenters. The van der Waals surface area contributed by atoms with Gasteiger partial charge in [-0.15, -0.1) is 0 Å². The van der Waals surface area contributed by atoms with Crippen LogP contribution in [0.5, 0.6) is 0 Å². The van der Waals surface area contributed by atoms with Gasteiger partial charge in [-0.25, -0.2) is 0 Å². The Hall–Kier alpha value is -3.42. The van der Waals surface area contributed by atoms with Gasteiger partial charge in [-0.1, -0.05) is 36.4 Å². The molecular formula is C29H24N+. The number of hydrogen-bond acceptors (Lipinski definition) is 0. The summed E-state index contributed by atoms with van der Waals surface area (Å²) in [6.07, 6.45) is 0. The Bertz CT molecular complexity index is 1620. The van der Waals surface area contributed by atoms with Gasteiger partial charge >= 0.3 is 0 Å². The topological polar surface area (TPSA) is 0 Å². The molecule has 144 valence electrons. The van der Waals surface area contributed by atoms with Crippen LogP contribution < -0.4 is 4.48 Å². The van der Waals surface area contributed by atoms with E-state index in [1.165, 1.54) is 59.5 Å². The molecule has 1 nitrogen and oxygen atoms in total. The number of hydrogen-bond donors (Lipinski definition) is 0. The van der Waals surface area contributed by atoms with Gasteiger partial charge in [0, 0.05) is 5.39 Å². The molecule has 0 bridgehead atoms. The van der Waals surface area contributed by atoms with Gasteiger partial charge in [0.05, 0.1) is 21.1 Å². The number of nitrogens with zero attached hydrogens (tertiary/aromatic N) is 1. The molecule has 6 aromatic carbocycles. The number of fused-ring (bicyclic) bond motifs is 5. The normalized spacial score (nSPS) is 12.5. The third-order valence-corrected chi connectivity index (χ3v) is 6.31. The van der Waals surface area contributed by atoms with E-state index in [0.717, 1.165) is 4.48 Å². The van der Waals surface area contributed by atoms with Crippen LogP contribution in [0.25, 0.3) is 53.9 Å². The van der Waals surface area contributed by atoms with Crippen molar-refractivity contribution in [2.24, 2.45) is 0 Å². The van der Waals surface area contributed by atoms with E-state index in [4.69, 9.17) is 0 Å². The first-order valence-electron chi connectivity index (χ1n) is 10.5. The fourth-order valence-corrected chi connectivity index (χ4v) is 4.79. The van der Waals surface area contributed by atoms with Gasteiger partial charge in [0.2, 0.25) is 0 Å². The van der Waals surface area contributed by atoms with Crippen LogP contribution >= 0.6 is 0 Å². The van der Waals surface area contributed by atoms with Crippen molar-refractivity contribution in [1.82, 2.24) is 4.48 Å². The van der Waals surface area contributed by atoms with Gasteiger partial charge in [0.1, 0.15) is 5.69 Å². The summed E-state index contributed by atoms with van der Waals surface area (Å²) >= 11 is 0. The van der Waals surface area contributed by atoms with Crippen molar-refractivity contribution in [3.05, 3.63) is 91.0 Å². The molecule has 0 atom stereocenters. The second kappa shape index (κ2) is 6.04. The molecule has 30 heavy (non-hydrogen) atoms. The minimum Gasteiger partial charge on any atom is -0.298 e. The molecule has 0 fully saturated rings. The first kappa shape index (κ1) is 17.4. The highest BCUT2D eigenvalue weighted by Gasteiger charge is 2.16. The summed E-state index contributed by atoms with van der Waals surface area (Å²) in [4.78, 5) is 0.